The smallest absolute Gasteiger partial charge is 0.0410 e. The van der Waals surface area contributed by atoms with Crippen LogP contribution in [0.5, 0.6) is 0 Å². The zero-order valence-electron chi connectivity index (χ0n) is 12.0. The van der Waals surface area contributed by atoms with Crippen LogP contribution in [0.4, 0.5) is 5.69 Å². The lowest BCUT2D eigenvalue weighted by molar-refractivity contribution is 0.456. The Balaban J connectivity index is 1.87. The molecule has 1 aliphatic heterocycles. The molecule has 1 aromatic carbocycles. The Labute approximate surface area is 121 Å². The van der Waals surface area contributed by atoms with Crippen LogP contribution in [0.15, 0.2) is 18.2 Å². The van der Waals surface area contributed by atoms with Crippen LogP contribution in [0.2, 0.25) is 5.02 Å². The average Bonchev–Trinajstić information content (AvgIpc) is 2.61. The van der Waals surface area contributed by atoms with Gasteiger partial charge in [0, 0.05) is 22.8 Å². The first kappa shape index (κ1) is 14.7. The SMILES string of the molecule is Cc1cc(Cl)ccc1NC(C)CC1CCCCCN1. The largest absolute Gasteiger partial charge is 0.382 e. The van der Waals surface area contributed by atoms with Crippen LogP contribution in [-0.4, -0.2) is 18.6 Å². The molecular formula is C16H25ClN2. The van der Waals surface area contributed by atoms with Gasteiger partial charge in [0.25, 0.3) is 0 Å². The monoisotopic (exact) mass is 280 g/mol. The lowest BCUT2D eigenvalue weighted by atomic mass is 10.0. The minimum Gasteiger partial charge on any atom is -0.382 e. The molecule has 0 aliphatic carbocycles. The molecule has 3 heteroatoms. The van der Waals surface area contributed by atoms with E-state index in [-0.39, 0.29) is 0 Å². The molecule has 106 valence electrons. The number of hydrogen-bond donors (Lipinski definition) is 2. The fourth-order valence-electron chi connectivity index (χ4n) is 2.84. The van der Waals surface area contributed by atoms with Crippen molar-refractivity contribution in [3.63, 3.8) is 0 Å². The first-order valence-corrected chi connectivity index (χ1v) is 7.79. The van der Waals surface area contributed by atoms with Crippen molar-refractivity contribution in [1.82, 2.24) is 5.32 Å². The Hall–Kier alpha value is -0.730. The maximum absolute atomic E-state index is 5.99. The summed E-state index contributed by atoms with van der Waals surface area (Å²) in [5.74, 6) is 0. The first-order valence-electron chi connectivity index (χ1n) is 7.41. The number of rotatable bonds is 4. The molecular weight excluding hydrogens is 256 g/mol. The Morgan fingerprint density at radius 1 is 1.37 bits per heavy atom. The van der Waals surface area contributed by atoms with E-state index in [9.17, 15) is 0 Å². The Morgan fingerprint density at radius 3 is 3.00 bits per heavy atom. The molecule has 1 fully saturated rings. The van der Waals surface area contributed by atoms with E-state index in [0.717, 1.165) is 5.02 Å². The maximum atomic E-state index is 5.99. The number of aryl methyl sites for hydroxylation is 1. The quantitative estimate of drug-likeness (QED) is 0.856. The van der Waals surface area contributed by atoms with Gasteiger partial charge in [-0.3, -0.25) is 0 Å². The van der Waals surface area contributed by atoms with Crippen LogP contribution in [0, 0.1) is 6.92 Å². The molecule has 2 unspecified atom stereocenters. The second-order valence-corrected chi connectivity index (χ2v) is 6.18. The highest BCUT2D eigenvalue weighted by Crippen LogP contribution is 2.21. The summed E-state index contributed by atoms with van der Waals surface area (Å²) in [5.41, 5.74) is 2.42. The summed E-state index contributed by atoms with van der Waals surface area (Å²) in [7, 11) is 0. The third kappa shape index (κ3) is 4.70. The van der Waals surface area contributed by atoms with E-state index < -0.39 is 0 Å². The standard InChI is InChI=1S/C16H25ClN2/c1-12-10-14(17)7-8-16(12)19-13(2)11-15-6-4-3-5-9-18-15/h7-8,10,13,15,18-19H,3-6,9,11H2,1-2H3. The number of halogens is 1. The highest BCUT2D eigenvalue weighted by atomic mass is 35.5. The van der Waals surface area contributed by atoms with Gasteiger partial charge in [0.2, 0.25) is 0 Å². The summed E-state index contributed by atoms with van der Waals surface area (Å²) < 4.78 is 0. The fraction of sp³-hybridized carbons (Fsp3) is 0.625. The van der Waals surface area contributed by atoms with Gasteiger partial charge < -0.3 is 10.6 Å². The lowest BCUT2D eigenvalue weighted by Crippen LogP contribution is -2.33. The summed E-state index contributed by atoms with van der Waals surface area (Å²) in [5, 5.41) is 8.07. The molecule has 0 saturated carbocycles. The van der Waals surface area contributed by atoms with E-state index in [1.54, 1.807) is 0 Å². The van der Waals surface area contributed by atoms with Crippen LogP contribution < -0.4 is 10.6 Å². The Kier molecular flexibility index (Phi) is 5.53. The molecule has 0 aromatic heterocycles. The van der Waals surface area contributed by atoms with E-state index in [4.69, 9.17) is 11.6 Å². The third-order valence-electron chi connectivity index (χ3n) is 3.89. The summed E-state index contributed by atoms with van der Waals surface area (Å²) in [6.45, 7) is 5.54. The number of benzene rings is 1. The van der Waals surface area contributed by atoms with Crippen LogP contribution in [0.1, 0.15) is 44.6 Å². The van der Waals surface area contributed by atoms with Gasteiger partial charge in [-0.05, 0) is 63.4 Å². The maximum Gasteiger partial charge on any atom is 0.0410 e. The van der Waals surface area contributed by atoms with Crippen molar-refractivity contribution in [2.24, 2.45) is 0 Å². The number of nitrogens with one attached hydrogen (secondary N) is 2. The minimum absolute atomic E-state index is 0.482. The van der Waals surface area contributed by atoms with Crippen LogP contribution in [-0.2, 0) is 0 Å². The highest BCUT2D eigenvalue weighted by Gasteiger charge is 2.15. The van der Waals surface area contributed by atoms with E-state index in [2.05, 4.69) is 30.5 Å². The Morgan fingerprint density at radius 2 is 2.21 bits per heavy atom. The molecule has 2 nitrogen and oxygen atoms in total. The zero-order chi connectivity index (χ0) is 13.7. The van der Waals surface area contributed by atoms with Gasteiger partial charge in [-0.15, -0.1) is 0 Å². The van der Waals surface area contributed by atoms with Crippen molar-refractivity contribution in [3.8, 4) is 0 Å². The average molecular weight is 281 g/mol. The van der Waals surface area contributed by atoms with Crippen molar-refractivity contribution in [2.45, 2.75) is 58.0 Å². The molecule has 2 N–H and O–H groups in total. The molecule has 0 amide bonds. The van der Waals surface area contributed by atoms with E-state index >= 15 is 0 Å². The second kappa shape index (κ2) is 7.16. The molecule has 0 spiro atoms. The summed E-state index contributed by atoms with van der Waals surface area (Å²) in [6.07, 6.45) is 6.56. The normalized spacial score (nSPS) is 21.7. The molecule has 1 heterocycles. The number of hydrogen-bond acceptors (Lipinski definition) is 2. The topological polar surface area (TPSA) is 24.1 Å². The second-order valence-electron chi connectivity index (χ2n) is 5.74. The molecule has 0 radical (unpaired) electrons. The van der Waals surface area contributed by atoms with Gasteiger partial charge >= 0.3 is 0 Å². The van der Waals surface area contributed by atoms with Crippen LogP contribution in [0.3, 0.4) is 0 Å². The highest BCUT2D eigenvalue weighted by molar-refractivity contribution is 6.30. The summed E-state index contributed by atoms with van der Waals surface area (Å²) >= 11 is 5.99. The van der Waals surface area contributed by atoms with E-state index in [1.807, 2.05) is 12.1 Å². The molecule has 2 rings (SSSR count). The summed E-state index contributed by atoms with van der Waals surface area (Å²) in [4.78, 5) is 0. The van der Waals surface area contributed by atoms with Crippen molar-refractivity contribution in [2.75, 3.05) is 11.9 Å². The van der Waals surface area contributed by atoms with Crippen molar-refractivity contribution >= 4 is 17.3 Å². The van der Waals surface area contributed by atoms with E-state index in [1.165, 1.54) is 49.9 Å². The third-order valence-corrected chi connectivity index (χ3v) is 4.13. The van der Waals surface area contributed by atoms with Gasteiger partial charge in [0.05, 0.1) is 0 Å². The van der Waals surface area contributed by atoms with Crippen LogP contribution >= 0.6 is 11.6 Å². The van der Waals surface area contributed by atoms with Gasteiger partial charge in [-0.2, -0.15) is 0 Å². The van der Waals surface area contributed by atoms with Gasteiger partial charge in [-0.25, -0.2) is 0 Å². The summed E-state index contributed by atoms with van der Waals surface area (Å²) in [6, 6.07) is 7.19. The minimum atomic E-state index is 0.482. The molecule has 1 saturated heterocycles. The van der Waals surface area contributed by atoms with Gasteiger partial charge in [-0.1, -0.05) is 24.4 Å². The molecule has 1 aliphatic rings. The van der Waals surface area contributed by atoms with E-state index in [0.29, 0.717) is 12.1 Å². The van der Waals surface area contributed by atoms with Crippen molar-refractivity contribution in [3.05, 3.63) is 28.8 Å². The predicted octanol–water partition coefficient (Wildman–Crippen LogP) is 4.37. The zero-order valence-corrected chi connectivity index (χ0v) is 12.8. The number of anilines is 1. The van der Waals surface area contributed by atoms with Crippen molar-refractivity contribution < 1.29 is 0 Å². The lowest BCUT2D eigenvalue weighted by Gasteiger charge is -2.23. The van der Waals surface area contributed by atoms with Gasteiger partial charge in [0.1, 0.15) is 0 Å². The Bertz CT molecular complexity index is 398. The molecule has 1 aromatic rings. The first-order chi connectivity index (χ1) is 9.15. The predicted molar refractivity (Wildman–Crippen MR) is 84.1 cm³/mol. The molecule has 0 bridgehead atoms. The van der Waals surface area contributed by atoms with Gasteiger partial charge in [0.15, 0.2) is 0 Å². The fourth-order valence-corrected chi connectivity index (χ4v) is 3.07. The molecule has 19 heavy (non-hydrogen) atoms. The van der Waals surface area contributed by atoms with Crippen molar-refractivity contribution in [1.29, 1.82) is 0 Å². The van der Waals surface area contributed by atoms with Crippen LogP contribution in [0.25, 0.3) is 0 Å². The molecule has 2 atom stereocenters.